The van der Waals surface area contributed by atoms with Gasteiger partial charge in [0.05, 0.1) is 0 Å². The zero-order valence-corrected chi connectivity index (χ0v) is 7.61. The van der Waals surface area contributed by atoms with E-state index in [0.29, 0.717) is 11.7 Å². The van der Waals surface area contributed by atoms with Crippen molar-refractivity contribution in [2.45, 2.75) is 19.8 Å². The first kappa shape index (κ1) is 9.51. The Kier molecular flexibility index (Phi) is 2.84. The van der Waals surface area contributed by atoms with E-state index in [1.54, 1.807) is 6.20 Å². The Balaban J connectivity index is 2.75. The minimum Gasteiger partial charge on any atom is -0.478 e. The standard InChI is InChI=1S/C9H12N2O2/c1-6(2)7-5-10-8(11-7)3-4-9(12)13/h3-6H,1-2H3,(H,10,11)(H,12,13)/b4-3+. The summed E-state index contributed by atoms with van der Waals surface area (Å²) < 4.78 is 0. The van der Waals surface area contributed by atoms with Crippen LogP contribution >= 0.6 is 0 Å². The lowest BCUT2D eigenvalue weighted by Crippen LogP contribution is -1.88. The van der Waals surface area contributed by atoms with Gasteiger partial charge in [-0.25, -0.2) is 9.78 Å². The molecule has 0 saturated heterocycles. The summed E-state index contributed by atoms with van der Waals surface area (Å²) in [5.74, 6) is -0.0203. The fourth-order valence-electron chi connectivity index (χ4n) is 0.880. The van der Waals surface area contributed by atoms with Crippen LogP contribution in [0.25, 0.3) is 6.08 Å². The molecule has 0 aromatic carbocycles. The normalized spacial score (nSPS) is 11.3. The Labute approximate surface area is 76.3 Å². The van der Waals surface area contributed by atoms with Crippen LogP contribution in [-0.2, 0) is 4.79 Å². The molecule has 4 nitrogen and oxygen atoms in total. The number of hydrogen-bond donors (Lipinski definition) is 2. The van der Waals surface area contributed by atoms with Crippen molar-refractivity contribution in [1.29, 1.82) is 0 Å². The van der Waals surface area contributed by atoms with Crippen molar-refractivity contribution in [2.75, 3.05) is 0 Å². The maximum atomic E-state index is 10.2. The van der Waals surface area contributed by atoms with Crippen LogP contribution < -0.4 is 0 Å². The Bertz CT molecular complexity index is 326. The quantitative estimate of drug-likeness (QED) is 0.695. The average Bonchev–Trinajstić information content (AvgIpc) is 2.48. The summed E-state index contributed by atoms with van der Waals surface area (Å²) in [4.78, 5) is 17.2. The highest BCUT2D eigenvalue weighted by atomic mass is 16.4. The number of carbonyl (C=O) groups is 1. The van der Waals surface area contributed by atoms with Gasteiger partial charge in [-0.15, -0.1) is 0 Å². The predicted molar refractivity (Wildman–Crippen MR) is 49.3 cm³/mol. The lowest BCUT2D eigenvalue weighted by molar-refractivity contribution is -0.131. The third-order valence-corrected chi connectivity index (χ3v) is 1.62. The average molecular weight is 180 g/mol. The van der Waals surface area contributed by atoms with E-state index in [9.17, 15) is 4.79 Å². The zero-order valence-electron chi connectivity index (χ0n) is 7.61. The van der Waals surface area contributed by atoms with Crippen molar-refractivity contribution in [1.82, 2.24) is 9.97 Å². The third kappa shape index (κ3) is 2.74. The SMILES string of the molecule is CC(C)c1cnc(/C=C/C(=O)O)[nH]1. The van der Waals surface area contributed by atoms with Gasteiger partial charge in [0, 0.05) is 18.0 Å². The van der Waals surface area contributed by atoms with Crippen molar-refractivity contribution in [3.05, 3.63) is 23.8 Å². The Morgan fingerprint density at radius 3 is 2.85 bits per heavy atom. The molecule has 0 unspecified atom stereocenters. The van der Waals surface area contributed by atoms with Gasteiger partial charge in [-0.1, -0.05) is 13.8 Å². The molecule has 1 heterocycles. The van der Waals surface area contributed by atoms with Crippen LogP contribution in [0.4, 0.5) is 0 Å². The first-order valence-corrected chi connectivity index (χ1v) is 4.05. The number of rotatable bonds is 3. The number of carboxylic acids is 1. The molecule has 0 aliphatic carbocycles. The first-order chi connectivity index (χ1) is 6.09. The van der Waals surface area contributed by atoms with Gasteiger partial charge in [0.15, 0.2) is 0 Å². The molecule has 2 N–H and O–H groups in total. The summed E-state index contributed by atoms with van der Waals surface area (Å²) in [6, 6.07) is 0. The number of carboxylic acid groups (broad SMARTS) is 1. The number of H-pyrrole nitrogens is 1. The molecule has 4 heteroatoms. The summed E-state index contributed by atoms with van der Waals surface area (Å²) in [5.41, 5.74) is 1.00. The molecule has 0 aliphatic heterocycles. The highest BCUT2D eigenvalue weighted by molar-refractivity contribution is 5.84. The van der Waals surface area contributed by atoms with Gasteiger partial charge in [0.1, 0.15) is 5.82 Å². The summed E-state index contributed by atoms with van der Waals surface area (Å²) in [6.45, 7) is 4.08. The van der Waals surface area contributed by atoms with E-state index in [2.05, 4.69) is 9.97 Å². The maximum absolute atomic E-state index is 10.2. The molecule has 1 rings (SSSR count). The molecule has 1 aromatic heterocycles. The second kappa shape index (κ2) is 3.89. The van der Waals surface area contributed by atoms with Crippen LogP contribution in [-0.4, -0.2) is 21.0 Å². The van der Waals surface area contributed by atoms with E-state index < -0.39 is 5.97 Å². The van der Waals surface area contributed by atoms with Gasteiger partial charge in [0.25, 0.3) is 0 Å². The monoisotopic (exact) mass is 180 g/mol. The van der Waals surface area contributed by atoms with E-state index in [0.717, 1.165) is 11.8 Å². The molecular formula is C9H12N2O2. The summed E-state index contributed by atoms with van der Waals surface area (Å²) in [6.07, 6.45) is 4.21. The number of aliphatic carboxylic acids is 1. The number of aromatic amines is 1. The molecule has 0 amide bonds. The van der Waals surface area contributed by atoms with Crippen LogP contribution in [0.5, 0.6) is 0 Å². The van der Waals surface area contributed by atoms with Crippen LogP contribution in [0.15, 0.2) is 12.3 Å². The van der Waals surface area contributed by atoms with E-state index in [4.69, 9.17) is 5.11 Å². The molecule has 13 heavy (non-hydrogen) atoms. The zero-order chi connectivity index (χ0) is 9.84. The minimum atomic E-state index is -0.970. The van der Waals surface area contributed by atoms with Crippen LogP contribution in [0, 0.1) is 0 Å². The topological polar surface area (TPSA) is 66.0 Å². The molecule has 0 radical (unpaired) electrons. The van der Waals surface area contributed by atoms with Crippen molar-refractivity contribution >= 4 is 12.0 Å². The van der Waals surface area contributed by atoms with Gasteiger partial charge in [-0.2, -0.15) is 0 Å². The minimum absolute atomic E-state index is 0.375. The number of imidazole rings is 1. The van der Waals surface area contributed by atoms with E-state index in [1.165, 1.54) is 6.08 Å². The van der Waals surface area contributed by atoms with Crippen molar-refractivity contribution in [2.24, 2.45) is 0 Å². The second-order valence-corrected chi connectivity index (χ2v) is 3.05. The summed E-state index contributed by atoms with van der Waals surface area (Å²) in [5, 5.41) is 8.36. The van der Waals surface area contributed by atoms with Gasteiger partial charge in [-0.3, -0.25) is 0 Å². The number of hydrogen-bond acceptors (Lipinski definition) is 2. The molecule has 0 saturated carbocycles. The molecule has 0 fully saturated rings. The lowest BCUT2D eigenvalue weighted by atomic mass is 10.2. The summed E-state index contributed by atoms with van der Waals surface area (Å²) >= 11 is 0. The third-order valence-electron chi connectivity index (χ3n) is 1.62. The largest absolute Gasteiger partial charge is 0.478 e. The number of aromatic nitrogens is 2. The van der Waals surface area contributed by atoms with Gasteiger partial charge < -0.3 is 10.1 Å². The van der Waals surface area contributed by atoms with Gasteiger partial charge >= 0.3 is 5.97 Å². The summed E-state index contributed by atoms with van der Waals surface area (Å²) in [7, 11) is 0. The van der Waals surface area contributed by atoms with E-state index >= 15 is 0 Å². The van der Waals surface area contributed by atoms with Crippen molar-refractivity contribution < 1.29 is 9.90 Å². The van der Waals surface area contributed by atoms with E-state index in [-0.39, 0.29) is 0 Å². The Morgan fingerprint density at radius 2 is 2.38 bits per heavy atom. The van der Waals surface area contributed by atoms with E-state index in [1.807, 2.05) is 13.8 Å². The molecule has 70 valence electrons. The smallest absolute Gasteiger partial charge is 0.328 e. The predicted octanol–water partition coefficient (Wildman–Crippen LogP) is 1.63. The van der Waals surface area contributed by atoms with Gasteiger partial charge in [-0.05, 0) is 12.0 Å². The van der Waals surface area contributed by atoms with Crippen LogP contribution in [0.3, 0.4) is 0 Å². The fraction of sp³-hybridized carbons (Fsp3) is 0.333. The van der Waals surface area contributed by atoms with Crippen LogP contribution in [0.1, 0.15) is 31.3 Å². The molecular weight excluding hydrogens is 168 g/mol. The van der Waals surface area contributed by atoms with Crippen molar-refractivity contribution in [3.8, 4) is 0 Å². The molecule has 0 atom stereocenters. The highest BCUT2D eigenvalue weighted by Gasteiger charge is 2.01. The van der Waals surface area contributed by atoms with Gasteiger partial charge in [0.2, 0.25) is 0 Å². The van der Waals surface area contributed by atoms with Crippen molar-refractivity contribution in [3.63, 3.8) is 0 Å². The molecule has 1 aromatic rings. The van der Waals surface area contributed by atoms with Crippen LogP contribution in [0.2, 0.25) is 0 Å². The fourth-order valence-corrected chi connectivity index (χ4v) is 0.880. The second-order valence-electron chi connectivity index (χ2n) is 3.05. The Hall–Kier alpha value is -1.58. The molecule has 0 bridgehead atoms. The maximum Gasteiger partial charge on any atom is 0.328 e. The first-order valence-electron chi connectivity index (χ1n) is 4.05. The molecule has 0 aliphatic rings. The molecule has 0 spiro atoms. The number of nitrogens with one attached hydrogen (secondary N) is 1. The number of nitrogens with zero attached hydrogens (tertiary/aromatic N) is 1. The Morgan fingerprint density at radius 1 is 1.69 bits per heavy atom. The highest BCUT2D eigenvalue weighted by Crippen LogP contribution is 2.11. The lowest BCUT2D eigenvalue weighted by Gasteiger charge is -1.96.